The van der Waals surface area contributed by atoms with Gasteiger partial charge in [0, 0.05) is 11.4 Å². The number of aromatic nitrogens is 4. The molecule has 84 valence electrons. The predicted octanol–water partition coefficient (Wildman–Crippen LogP) is 2.23. The van der Waals surface area contributed by atoms with E-state index in [1.807, 2.05) is 13.1 Å². The molecule has 0 radical (unpaired) electrons. The number of aromatic amines is 2. The zero-order valence-corrected chi connectivity index (χ0v) is 9.67. The van der Waals surface area contributed by atoms with Crippen molar-refractivity contribution >= 4 is 0 Å². The van der Waals surface area contributed by atoms with Crippen LogP contribution in [0.25, 0.3) is 11.4 Å². The fourth-order valence-electron chi connectivity index (χ4n) is 2.37. The summed E-state index contributed by atoms with van der Waals surface area (Å²) in [5.41, 5.74) is 4.71. The molecule has 0 bridgehead atoms. The summed E-state index contributed by atoms with van der Waals surface area (Å²) in [6.45, 7) is 4.32. The largest absolute Gasteiger partial charge is 0.342 e. The first-order chi connectivity index (χ1) is 7.74. The summed E-state index contributed by atoms with van der Waals surface area (Å²) in [5.74, 6) is 1.73. The van der Waals surface area contributed by atoms with Gasteiger partial charge in [-0.2, -0.15) is 5.10 Å². The van der Waals surface area contributed by atoms with E-state index in [0.29, 0.717) is 0 Å². The van der Waals surface area contributed by atoms with Crippen molar-refractivity contribution in [1.29, 1.82) is 0 Å². The molecule has 3 rings (SSSR count). The van der Waals surface area contributed by atoms with E-state index in [1.54, 1.807) is 0 Å². The van der Waals surface area contributed by atoms with E-state index in [2.05, 4.69) is 27.1 Å². The van der Waals surface area contributed by atoms with Crippen LogP contribution in [0.1, 0.15) is 30.4 Å². The van der Waals surface area contributed by atoms with Crippen molar-refractivity contribution in [1.82, 2.24) is 20.2 Å². The Morgan fingerprint density at radius 3 is 3.06 bits per heavy atom. The number of imidazole rings is 1. The van der Waals surface area contributed by atoms with Crippen molar-refractivity contribution in [2.45, 2.75) is 33.1 Å². The molecule has 1 unspecified atom stereocenters. The molecule has 1 atom stereocenters. The third-order valence-electron chi connectivity index (χ3n) is 3.38. The van der Waals surface area contributed by atoms with Crippen LogP contribution in [0, 0.1) is 12.8 Å². The highest BCUT2D eigenvalue weighted by Crippen LogP contribution is 2.27. The smallest absolute Gasteiger partial charge is 0.141 e. The van der Waals surface area contributed by atoms with Crippen LogP contribution in [-0.2, 0) is 12.8 Å². The number of rotatable bonds is 1. The molecule has 16 heavy (non-hydrogen) atoms. The summed E-state index contributed by atoms with van der Waals surface area (Å²) in [7, 11) is 0. The first-order valence-electron chi connectivity index (χ1n) is 5.82. The average Bonchev–Trinajstić information content (AvgIpc) is 2.82. The van der Waals surface area contributed by atoms with Gasteiger partial charge < -0.3 is 4.98 Å². The van der Waals surface area contributed by atoms with Crippen LogP contribution in [0.2, 0.25) is 0 Å². The van der Waals surface area contributed by atoms with Gasteiger partial charge in [0.25, 0.3) is 0 Å². The monoisotopic (exact) mass is 216 g/mol. The molecular weight excluding hydrogens is 200 g/mol. The lowest BCUT2D eigenvalue weighted by molar-refractivity contribution is 0.492. The van der Waals surface area contributed by atoms with E-state index in [0.717, 1.165) is 35.8 Å². The lowest BCUT2D eigenvalue weighted by Crippen LogP contribution is -2.10. The van der Waals surface area contributed by atoms with Gasteiger partial charge in [0.1, 0.15) is 5.82 Å². The lowest BCUT2D eigenvalue weighted by atomic mass is 9.92. The van der Waals surface area contributed by atoms with Crippen molar-refractivity contribution in [3.8, 4) is 11.4 Å². The molecule has 4 nitrogen and oxygen atoms in total. The topological polar surface area (TPSA) is 57.4 Å². The van der Waals surface area contributed by atoms with Gasteiger partial charge in [0.2, 0.25) is 0 Å². The van der Waals surface area contributed by atoms with Crippen molar-refractivity contribution in [2.24, 2.45) is 5.92 Å². The molecule has 0 saturated carbocycles. The van der Waals surface area contributed by atoms with E-state index in [9.17, 15) is 0 Å². The van der Waals surface area contributed by atoms with E-state index in [1.165, 1.54) is 17.8 Å². The predicted molar refractivity (Wildman–Crippen MR) is 62.1 cm³/mol. The molecule has 0 saturated heterocycles. The molecular formula is C12H16N4. The Kier molecular flexibility index (Phi) is 2.09. The summed E-state index contributed by atoms with van der Waals surface area (Å²) in [6.07, 6.45) is 5.31. The minimum Gasteiger partial charge on any atom is -0.342 e. The molecule has 2 N–H and O–H groups in total. The Morgan fingerprint density at radius 2 is 2.31 bits per heavy atom. The third kappa shape index (κ3) is 1.45. The van der Waals surface area contributed by atoms with Crippen molar-refractivity contribution in [3.05, 3.63) is 23.3 Å². The fraction of sp³-hybridized carbons (Fsp3) is 0.500. The summed E-state index contributed by atoms with van der Waals surface area (Å²) in [4.78, 5) is 8.11. The summed E-state index contributed by atoms with van der Waals surface area (Å²) in [6, 6.07) is 0. The lowest BCUT2D eigenvalue weighted by Gasteiger charge is -2.15. The van der Waals surface area contributed by atoms with Gasteiger partial charge >= 0.3 is 0 Å². The van der Waals surface area contributed by atoms with Gasteiger partial charge in [0.15, 0.2) is 0 Å². The number of fused-ring (bicyclic) bond motifs is 1. The maximum absolute atomic E-state index is 4.67. The number of nitrogens with zero attached hydrogens (tertiary/aromatic N) is 2. The van der Waals surface area contributed by atoms with Crippen LogP contribution in [0.4, 0.5) is 0 Å². The Bertz CT molecular complexity index is 509. The van der Waals surface area contributed by atoms with E-state index in [-0.39, 0.29) is 0 Å². The standard InChI is InChI=1S/C12H16N4/c1-7-3-4-10-11(5-7)15-12(14-10)9-6-13-16-8(9)2/h6-7H,3-5H2,1-2H3,(H,13,16)(H,14,15). The minimum absolute atomic E-state index is 0.770. The fourth-order valence-corrected chi connectivity index (χ4v) is 2.37. The Hall–Kier alpha value is -1.58. The molecule has 2 aromatic rings. The van der Waals surface area contributed by atoms with E-state index in [4.69, 9.17) is 0 Å². The number of aryl methyl sites for hydroxylation is 2. The second kappa shape index (κ2) is 3.47. The molecule has 0 fully saturated rings. The van der Waals surface area contributed by atoms with Crippen LogP contribution < -0.4 is 0 Å². The van der Waals surface area contributed by atoms with Crippen LogP contribution >= 0.6 is 0 Å². The average molecular weight is 216 g/mol. The molecule has 1 aliphatic carbocycles. The Morgan fingerprint density at radius 1 is 1.44 bits per heavy atom. The number of H-pyrrole nitrogens is 2. The van der Waals surface area contributed by atoms with Crippen LogP contribution in [-0.4, -0.2) is 20.2 Å². The van der Waals surface area contributed by atoms with Gasteiger partial charge in [-0.05, 0) is 32.1 Å². The zero-order valence-electron chi connectivity index (χ0n) is 9.67. The van der Waals surface area contributed by atoms with Gasteiger partial charge in [-0.15, -0.1) is 0 Å². The number of hydrogen-bond acceptors (Lipinski definition) is 2. The normalized spacial score (nSPS) is 19.8. The van der Waals surface area contributed by atoms with Crippen LogP contribution in [0.5, 0.6) is 0 Å². The third-order valence-corrected chi connectivity index (χ3v) is 3.38. The molecule has 0 spiro atoms. The maximum Gasteiger partial charge on any atom is 0.141 e. The molecule has 1 aliphatic rings. The molecule has 4 heteroatoms. The minimum atomic E-state index is 0.770. The van der Waals surface area contributed by atoms with Crippen LogP contribution in [0.3, 0.4) is 0 Å². The summed E-state index contributed by atoms with van der Waals surface area (Å²) < 4.78 is 0. The number of nitrogens with one attached hydrogen (secondary N) is 2. The zero-order chi connectivity index (χ0) is 11.1. The molecule has 0 aromatic carbocycles. The number of hydrogen-bond donors (Lipinski definition) is 2. The van der Waals surface area contributed by atoms with Gasteiger partial charge in [0.05, 0.1) is 17.5 Å². The van der Waals surface area contributed by atoms with E-state index >= 15 is 0 Å². The SMILES string of the molecule is Cc1[nH]ncc1-c1nc2c([nH]1)CC(C)CC2. The molecule has 2 aromatic heterocycles. The Balaban J connectivity index is 2.02. The highest BCUT2D eigenvalue weighted by atomic mass is 15.1. The quantitative estimate of drug-likeness (QED) is 0.768. The van der Waals surface area contributed by atoms with Gasteiger partial charge in [-0.25, -0.2) is 4.98 Å². The van der Waals surface area contributed by atoms with Crippen LogP contribution in [0.15, 0.2) is 6.20 Å². The van der Waals surface area contributed by atoms with Crippen molar-refractivity contribution in [2.75, 3.05) is 0 Å². The van der Waals surface area contributed by atoms with Crippen molar-refractivity contribution in [3.63, 3.8) is 0 Å². The second-order valence-electron chi connectivity index (χ2n) is 4.77. The van der Waals surface area contributed by atoms with Gasteiger partial charge in [-0.3, -0.25) is 5.10 Å². The summed E-state index contributed by atoms with van der Waals surface area (Å²) in [5, 5.41) is 6.98. The molecule has 2 heterocycles. The van der Waals surface area contributed by atoms with Crippen molar-refractivity contribution < 1.29 is 0 Å². The first kappa shape index (κ1) is 9.63. The highest BCUT2D eigenvalue weighted by molar-refractivity contribution is 5.57. The van der Waals surface area contributed by atoms with E-state index < -0.39 is 0 Å². The molecule has 0 aliphatic heterocycles. The summed E-state index contributed by atoms with van der Waals surface area (Å²) >= 11 is 0. The maximum atomic E-state index is 4.67. The Labute approximate surface area is 94.5 Å². The first-order valence-corrected chi connectivity index (χ1v) is 5.82. The van der Waals surface area contributed by atoms with Gasteiger partial charge in [-0.1, -0.05) is 6.92 Å². The second-order valence-corrected chi connectivity index (χ2v) is 4.77. The highest BCUT2D eigenvalue weighted by Gasteiger charge is 2.20. The molecule has 0 amide bonds.